The fraction of sp³-hybridized carbons (Fsp3) is 0.500. The molecule has 144 valence electrons. The van der Waals surface area contributed by atoms with Gasteiger partial charge in [-0.1, -0.05) is 13.2 Å². The Kier molecular flexibility index (Phi) is 5.98. The van der Waals surface area contributed by atoms with E-state index in [2.05, 4.69) is 18.1 Å². The van der Waals surface area contributed by atoms with Gasteiger partial charge in [0.05, 0.1) is 12.1 Å². The van der Waals surface area contributed by atoms with E-state index < -0.39 is 18.7 Å². The number of alkyl halides is 3. The summed E-state index contributed by atoms with van der Waals surface area (Å²) in [6.07, 6.45) is -1.13. The molecule has 2 rings (SSSR count). The third-order valence-corrected chi connectivity index (χ3v) is 4.83. The summed E-state index contributed by atoms with van der Waals surface area (Å²) in [5.74, 6) is -1.04. The van der Waals surface area contributed by atoms with E-state index in [0.29, 0.717) is 37.4 Å². The van der Waals surface area contributed by atoms with Crippen LogP contribution in [0.1, 0.15) is 13.8 Å². The fourth-order valence-corrected chi connectivity index (χ4v) is 3.51. The number of piperazine rings is 1. The molecule has 1 atom stereocenters. The molecule has 0 saturated carbocycles. The van der Waals surface area contributed by atoms with E-state index in [1.54, 1.807) is 18.0 Å². The van der Waals surface area contributed by atoms with Crippen LogP contribution in [0.3, 0.4) is 0 Å². The summed E-state index contributed by atoms with van der Waals surface area (Å²) < 4.78 is 37.6. The topological polar surface area (TPSA) is 47.0 Å². The molecule has 0 aromatic heterocycles. The van der Waals surface area contributed by atoms with E-state index in [9.17, 15) is 23.1 Å². The van der Waals surface area contributed by atoms with Crippen molar-refractivity contribution in [2.45, 2.75) is 26.1 Å². The average Bonchev–Trinajstić information content (AvgIpc) is 2.54. The van der Waals surface area contributed by atoms with Gasteiger partial charge in [0.15, 0.2) is 0 Å². The number of carboxylic acids is 1. The lowest BCUT2D eigenvalue weighted by atomic mass is 9.95. The maximum Gasteiger partial charge on any atom is 0.401 e. The van der Waals surface area contributed by atoms with Crippen LogP contribution in [-0.2, 0) is 4.79 Å². The minimum atomic E-state index is -4.20. The first kappa shape index (κ1) is 20.3. The number of hydrogen-bond donors (Lipinski definition) is 1. The second kappa shape index (κ2) is 7.67. The van der Waals surface area contributed by atoms with Crippen LogP contribution in [0.2, 0.25) is 0 Å². The van der Waals surface area contributed by atoms with Crippen molar-refractivity contribution in [3.8, 4) is 0 Å². The minimum Gasteiger partial charge on any atom is -0.478 e. The lowest BCUT2D eigenvalue weighted by Gasteiger charge is -2.42. The number of allylic oxidation sites excluding steroid dienone is 1. The average molecular weight is 371 g/mol. The Morgan fingerprint density at radius 2 is 1.92 bits per heavy atom. The fourth-order valence-electron chi connectivity index (χ4n) is 3.51. The summed E-state index contributed by atoms with van der Waals surface area (Å²) in [5.41, 5.74) is 2.02. The maximum absolute atomic E-state index is 12.5. The molecular formula is C18H24F3N3O2. The maximum atomic E-state index is 12.5. The minimum absolute atomic E-state index is 0.172. The highest BCUT2D eigenvalue weighted by atomic mass is 19.4. The van der Waals surface area contributed by atoms with Gasteiger partial charge in [0.25, 0.3) is 0 Å². The molecule has 2 aliphatic rings. The quantitative estimate of drug-likeness (QED) is 0.805. The normalized spacial score (nSPS) is 21.7. The molecule has 2 heterocycles. The van der Waals surface area contributed by atoms with Crippen molar-refractivity contribution in [1.82, 2.24) is 14.7 Å². The van der Waals surface area contributed by atoms with Crippen LogP contribution in [-0.4, -0.2) is 70.7 Å². The smallest absolute Gasteiger partial charge is 0.401 e. The van der Waals surface area contributed by atoms with Gasteiger partial charge in [-0.3, -0.25) is 9.80 Å². The molecule has 1 unspecified atom stereocenters. The number of rotatable bonds is 5. The molecule has 5 nitrogen and oxygen atoms in total. The highest BCUT2D eigenvalue weighted by Gasteiger charge is 2.35. The van der Waals surface area contributed by atoms with Crippen molar-refractivity contribution in [2.24, 2.45) is 0 Å². The van der Waals surface area contributed by atoms with Gasteiger partial charge in [-0.25, -0.2) is 4.79 Å². The zero-order valence-corrected chi connectivity index (χ0v) is 15.0. The lowest BCUT2D eigenvalue weighted by Crippen LogP contribution is -2.53. The molecule has 1 saturated heterocycles. The van der Waals surface area contributed by atoms with Crippen molar-refractivity contribution >= 4 is 5.97 Å². The van der Waals surface area contributed by atoms with E-state index in [1.165, 1.54) is 11.0 Å². The molecule has 0 radical (unpaired) electrons. The molecular weight excluding hydrogens is 347 g/mol. The summed E-state index contributed by atoms with van der Waals surface area (Å²) in [6.45, 7) is 12.0. The van der Waals surface area contributed by atoms with Crippen LogP contribution in [0.25, 0.3) is 0 Å². The zero-order chi connectivity index (χ0) is 19.6. The number of carboxylic acid groups (broad SMARTS) is 1. The highest BCUT2D eigenvalue weighted by molar-refractivity contribution is 5.93. The Labute approximate surface area is 151 Å². The molecule has 1 fully saturated rings. The molecule has 1 N–H and O–H groups in total. The molecule has 8 heteroatoms. The zero-order valence-electron chi connectivity index (χ0n) is 15.0. The number of nitrogens with zero attached hydrogens (tertiary/aromatic N) is 3. The first-order chi connectivity index (χ1) is 12.0. The van der Waals surface area contributed by atoms with E-state index >= 15 is 0 Å². The molecule has 2 aliphatic heterocycles. The SMILES string of the molecule is C=CN1C(=C)C=C(C(=O)O)C(C)=C1C(C)N1CCN(CC(F)(F)F)CC1. The van der Waals surface area contributed by atoms with Crippen LogP contribution in [0.15, 0.2) is 48.0 Å². The van der Waals surface area contributed by atoms with E-state index in [0.717, 1.165) is 5.70 Å². The molecule has 0 bridgehead atoms. The first-order valence-corrected chi connectivity index (χ1v) is 8.35. The molecule has 0 amide bonds. The second-order valence-corrected chi connectivity index (χ2v) is 6.52. The number of hydrogen-bond acceptors (Lipinski definition) is 4. The Balaban J connectivity index is 2.19. The van der Waals surface area contributed by atoms with Gasteiger partial charge in [-0.2, -0.15) is 13.2 Å². The van der Waals surface area contributed by atoms with Crippen LogP contribution < -0.4 is 0 Å². The van der Waals surface area contributed by atoms with Crippen molar-refractivity contribution in [1.29, 1.82) is 0 Å². The van der Waals surface area contributed by atoms with E-state index in [4.69, 9.17) is 0 Å². The predicted molar refractivity (Wildman–Crippen MR) is 93.1 cm³/mol. The largest absolute Gasteiger partial charge is 0.478 e. The van der Waals surface area contributed by atoms with Crippen molar-refractivity contribution in [3.05, 3.63) is 48.0 Å². The van der Waals surface area contributed by atoms with Gasteiger partial charge >= 0.3 is 12.1 Å². The van der Waals surface area contributed by atoms with Crippen LogP contribution in [0.5, 0.6) is 0 Å². The lowest BCUT2D eigenvalue weighted by molar-refractivity contribution is -0.149. The Morgan fingerprint density at radius 1 is 1.35 bits per heavy atom. The molecule has 0 aromatic rings. The van der Waals surface area contributed by atoms with Gasteiger partial charge in [0, 0.05) is 49.8 Å². The Morgan fingerprint density at radius 3 is 2.38 bits per heavy atom. The van der Waals surface area contributed by atoms with E-state index in [1.807, 2.05) is 6.92 Å². The van der Waals surface area contributed by atoms with Crippen LogP contribution in [0.4, 0.5) is 13.2 Å². The third-order valence-electron chi connectivity index (χ3n) is 4.83. The Bertz CT molecular complexity index is 659. The van der Waals surface area contributed by atoms with Gasteiger partial charge in [-0.15, -0.1) is 0 Å². The monoisotopic (exact) mass is 371 g/mol. The Hall–Kier alpha value is -2.06. The van der Waals surface area contributed by atoms with Crippen LogP contribution in [0, 0.1) is 0 Å². The second-order valence-electron chi connectivity index (χ2n) is 6.52. The summed E-state index contributed by atoms with van der Waals surface area (Å²) in [4.78, 5) is 16.7. The van der Waals surface area contributed by atoms with Crippen molar-refractivity contribution in [3.63, 3.8) is 0 Å². The van der Waals surface area contributed by atoms with Gasteiger partial charge in [0.1, 0.15) is 0 Å². The van der Waals surface area contributed by atoms with Gasteiger partial charge in [-0.05, 0) is 25.5 Å². The number of halogens is 3. The van der Waals surface area contributed by atoms with Crippen molar-refractivity contribution < 1.29 is 23.1 Å². The first-order valence-electron chi connectivity index (χ1n) is 8.35. The van der Waals surface area contributed by atoms with Crippen molar-refractivity contribution in [2.75, 3.05) is 32.7 Å². The molecule has 26 heavy (non-hydrogen) atoms. The van der Waals surface area contributed by atoms with Gasteiger partial charge < -0.3 is 10.0 Å². The molecule has 0 spiro atoms. The summed E-state index contributed by atoms with van der Waals surface area (Å²) in [6, 6.07) is -0.180. The highest BCUT2D eigenvalue weighted by Crippen LogP contribution is 2.33. The summed E-state index contributed by atoms with van der Waals surface area (Å²) in [7, 11) is 0. The van der Waals surface area contributed by atoms with Gasteiger partial charge in [0.2, 0.25) is 0 Å². The third kappa shape index (κ3) is 4.37. The van der Waals surface area contributed by atoms with Crippen LogP contribution >= 0.6 is 0 Å². The molecule has 0 aliphatic carbocycles. The number of aliphatic carboxylic acids is 1. The summed E-state index contributed by atoms with van der Waals surface area (Å²) >= 11 is 0. The predicted octanol–water partition coefficient (Wildman–Crippen LogP) is 2.81. The standard InChI is InChI=1S/C18H24F3N3O2/c1-5-24-12(2)10-15(17(25)26)13(3)16(24)14(4)23-8-6-22(7-9-23)11-18(19,20)21/h5,10,14H,1-2,6-9,11H2,3-4H3,(H,25,26). The van der Waals surface area contributed by atoms with E-state index in [-0.39, 0.29) is 11.6 Å². The summed E-state index contributed by atoms with van der Waals surface area (Å²) in [5, 5.41) is 9.42. The molecule has 0 aromatic carbocycles. The number of carbonyl (C=O) groups is 1.